The molecule has 0 N–H and O–H groups in total. The second-order valence-electron chi connectivity index (χ2n) is 4.84. The van der Waals surface area contributed by atoms with E-state index in [-0.39, 0.29) is 11.7 Å². The van der Waals surface area contributed by atoms with E-state index in [9.17, 15) is 9.59 Å². The van der Waals surface area contributed by atoms with Crippen LogP contribution in [0.2, 0.25) is 0 Å². The zero-order valence-corrected chi connectivity index (χ0v) is 12.7. The second kappa shape index (κ2) is 6.10. The average molecular weight is 307 g/mol. The van der Waals surface area contributed by atoms with E-state index in [1.165, 1.54) is 13.1 Å². The fraction of sp³-hybridized carbons (Fsp3) is 0.267. The molecule has 0 saturated heterocycles. The van der Waals surface area contributed by atoms with Crippen LogP contribution in [0.5, 0.6) is 5.75 Å². The van der Waals surface area contributed by atoms with Gasteiger partial charge in [-0.25, -0.2) is 4.68 Å². The normalized spacial score (nSPS) is 10.7. The lowest BCUT2D eigenvalue weighted by Crippen LogP contribution is -2.25. The molecule has 0 aliphatic rings. The van der Waals surface area contributed by atoms with Gasteiger partial charge in [0.05, 0.1) is 11.8 Å². The summed E-state index contributed by atoms with van der Waals surface area (Å²) in [5.41, 5.74) is 0.656. The van der Waals surface area contributed by atoms with Crippen molar-refractivity contribution < 1.29 is 9.53 Å². The Morgan fingerprint density at radius 2 is 1.90 bits per heavy atom. The molecule has 6 heteroatoms. The molecule has 0 fully saturated rings. The quantitative estimate of drug-likeness (QED) is 0.815. The molecule has 2 rings (SSSR count). The van der Waals surface area contributed by atoms with Gasteiger partial charge in [-0.2, -0.15) is 5.10 Å². The first kappa shape index (κ1) is 15.3. The summed E-state index contributed by atoms with van der Waals surface area (Å²) < 4.78 is 6.66. The highest BCUT2D eigenvalue weighted by Gasteiger charge is 2.13. The molecule has 0 aliphatic heterocycles. The Morgan fingerprint density at radius 3 is 2.43 bits per heavy atom. The first-order valence-electron chi connectivity index (χ1n) is 6.43. The summed E-state index contributed by atoms with van der Waals surface area (Å²) >= 11 is 5.42. The van der Waals surface area contributed by atoms with E-state index in [1.807, 2.05) is 38.1 Å². The van der Waals surface area contributed by atoms with E-state index in [2.05, 4.69) is 5.10 Å². The van der Waals surface area contributed by atoms with Crippen molar-refractivity contribution >= 4 is 16.8 Å². The van der Waals surface area contributed by atoms with Crippen molar-refractivity contribution in [2.75, 3.05) is 0 Å². The third-order valence-corrected chi connectivity index (χ3v) is 3.00. The molecule has 0 bridgehead atoms. The lowest BCUT2D eigenvalue weighted by molar-refractivity contribution is 0.107. The maximum Gasteiger partial charge on any atom is 0.278 e. The van der Waals surface area contributed by atoms with Gasteiger partial charge in [-0.15, -0.1) is 0 Å². The highest BCUT2D eigenvalue weighted by atomic mass is 35.5. The molecule has 0 radical (unpaired) electrons. The molecule has 0 atom stereocenters. The van der Waals surface area contributed by atoms with E-state index in [4.69, 9.17) is 16.3 Å². The topological polar surface area (TPSA) is 61.2 Å². The van der Waals surface area contributed by atoms with Crippen LogP contribution in [0, 0.1) is 0 Å². The number of halogens is 1. The van der Waals surface area contributed by atoms with Crippen molar-refractivity contribution in [2.45, 2.75) is 20.0 Å². The number of aryl methyl sites for hydroxylation is 1. The van der Waals surface area contributed by atoms with E-state index >= 15 is 0 Å². The molecule has 1 aromatic carbocycles. The molecular weight excluding hydrogens is 292 g/mol. The number of carbonyl (C=O) groups is 1. The maximum atomic E-state index is 11.7. The van der Waals surface area contributed by atoms with Gasteiger partial charge in [-0.3, -0.25) is 9.59 Å². The highest BCUT2D eigenvalue weighted by Crippen LogP contribution is 2.21. The minimum absolute atomic E-state index is 0.0898. The van der Waals surface area contributed by atoms with Crippen molar-refractivity contribution in [1.82, 2.24) is 9.78 Å². The fourth-order valence-electron chi connectivity index (χ4n) is 1.87. The summed E-state index contributed by atoms with van der Waals surface area (Å²) in [6.45, 7) is 3.89. The van der Waals surface area contributed by atoms with Crippen molar-refractivity contribution in [3.05, 3.63) is 46.2 Å². The van der Waals surface area contributed by atoms with Crippen LogP contribution in [0.3, 0.4) is 0 Å². The average Bonchev–Trinajstić information content (AvgIpc) is 2.41. The largest absolute Gasteiger partial charge is 0.491 e. The third kappa shape index (κ3) is 3.49. The molecule has 2 aromatic rings. The molecule has 5 nitrogen and oxygen atoms in total. The Hall–Kier alpha value is -2.14. The van der Waals surface area contributed by atoms with Gasteiger partial charge in [0.15, 0.2) is 0 Å². The van der Waals surface area contributed by atoms with Crippen molar-refractivity contribution in [3.8, 4) is 17.0 Å². The minimum atomic E-state index is -0.793. The smallest absolute Gasteiger partial charge is 0.278 e. The van der Waals surface area contributed by atoms with Gasteiger partial charge < -0.3 is 4.74 Å². The monoisotopic (exact) mass is 306 g/mol. The molecule has 0 aliphatic carbocycles. The molecule has 0 amide bonds. The summed E-state index contributed by atoms with van der Waals surface area (Å²) in [7, 11) is 1.48. The Bertz CT molecular complexity index is 721. The van der Waals surface area contributed by atoms with E-state index in [1.54, 1.807) is 0 Å². The Morgan fingerprint density at radius 1 is 1.29 bits per heavy atom. The SMILES string of the molecule is CC(C)Oc1ccc(-c2cc(C(=O)Cl)c(=O)n(C)n2)cc1. The number of rotatable bonds is 4. The second-order valence-corrected chi connectivity index (χ2v) is 5.18. The van der Waals surface area contributed by atoms with Gasteiger partial charge in [0.25, 0.3) is 10.8 Å². The van der Waals surface area contributed by atoms with Crippen LogP contribution < -0.4 is 10.3 Å². The van der Waals surface area contributed by atoms with Crippen LogP contribution in [-0.2, 0) is 7.05 Å². The third-order valence-electron chi connectivity index (χ3n) is 2.80. The molecular formula is C15H15ClN2O3. The molecule has 110 valence electrons. The summed E-state index contributed by atoms with van der Waals surface area (Å²) in [6, 6.07) is 8.64. The number of nitrogens with zero attached hydrogens (tertiary/aromatic N) is 2. The van der Waals surface area contributed by atoms with E-state index in [0.717, 1.165) is 16.0 Å². The standard InChI is InChI=1S/C15H15ClN2O3/c1-9(2)21-11-6-4-10(5-7-11)13-8-12(14(16)19)15(20)18(3)17-13/h4-9H,1-3H3. The zero-order chi connectivity index (χ0) is 15.6. The first-order valence-corrected chi connectivity index (χ1v) is 6.81. The summed E-state index contributed by atoms with van der Waals surface area (Å²) in [5, 5.41) is 3.34. The molecule has 0 saturated carbocycles. The van der Waals surface area contributed by atoms with E-state index in [0.29, 0.717) is 5.69 Å². The number of benzene rings is 1. The zero-order valence-electron chi connectivity index (χ0n) is 12.0. The number of aromatic nitrogens is 2. The first-order chi connectivity index (χ1) is 9.88. The molecule has 1 aromatic heterocycles. The van der Waals surface area contributed by atoms with Gasteiger partial charge in [-0.1, -0.05) is 0 Å². The summed E-state index contributed by atoms with van der Waals surface area (Å²) in [5.74, 6) is 0.743. The number of ether oxygens (including phenoxy) is 1. The van der Waals surface area contributed by atoms with Gasteiger partial charge in [0.2, 0.25) is 0 Å². The van der Waals surface area contributed by atoms with Crippen molar-refractivity contribution in [2.24, 2.45) is 7.05 Å². The van der Waals surface area contributed by atoms with Gasteiger partial charge >= 0.3 is 0 Å². The van der Waals surface area contributed by atoms with Crippen LogP contribution in [0.1, 0.15) is 24.2 Å². The highest BCUT2D eigenvalue weighted by molar-refractivity contribution is 6.67. The lowest BCUT2D eigenvalue weighted by Gasteiger charge is -2.10. The fourth-order valence-corrected chi connectivity index (χ4v) is 2.00. The number of hydrogen-bond donors (Lipinski definition) is 0. The molecule has 0 spiro atoms. The van der Waals surface area contributed by atoms with Gasteiger partial charge in [0.1, 0.15) is 11.3 Å². The van der Waals surface area contributed by atoms with Crippen LogP contribution >= 0.6 is 11.6 Å². The Labute approximate surface area is 127 Å². The van der Waals surface area contributed by atoms with Crippen molar-refractivity contribution in [1.29, 1.82) is 0 Å². The minimum Gasteiger partial charge on any atom is -0.491 e. The van der Waals surface area contributed by atoms with Crippen molar-refractivity contribution in [3.63, 3.8) is 0 Å². The van der Waals surface area contributed by atoms with E-state index < -0.39 is 10.8 Å². The van der Waals surface area contributed by atoms with Crippen LogP contribution in [0.15, 0.2) is 35.1 Å². The maximum absolute atomic E-state index is 11.7. The number of hydrogen-bond acceptors (Lipinski definition) is 4. The predicted octanol–water partition coefficient (Wildman–Crippen LogP) is 2.61. The molecule has 21 heavy (non-hydrogen) atoms. The molecule has 1 heterocycles. The van der Waals surface area contributed by atoms with Crippen LogP contribution in [0.25, 0.3) is 11.3 Å². The lowest BCUT2D eigenvalue weighted by atomic mass is 10.1. The van der Waals surface area contributed by atoms with Gasteiger partial charge in [0, 0.05) is 12.6 Å². The summed E-state index contributed by atoms with van der Waals surface area (Å²) in [4.78, 5) is 23.0. The number of carbonyl (C=O) groups excluding carboxylic acids is 1. The van der Waals surface area contributed by atoms with Crippen LogP contribution in [-0.4, -0.2) is 21.1 Å². The van der Waals surface area contributed by atoms with Gasteiger partial charge in [-0.05, 0) is 55.8 Å². The molecule has 0 unspecified atom stereocenters. The summed E-state index contributed by atoms with van der Waals surface area (Å²) in [6.07, 6.45) is 0.0898. The Balaban J connectivity index is 2.42. The Kier molecular flexibility index (Phi) is 4.43. The predicted molar refractivity (Wildman–Crippen MR) is 80.9 cm³/mol. The van der Waals surface area contributed by atoms with Crippen LogP contribution in [0.4, 0.5) is 0 Å².